The van der Waals surface area contributed by atoms with Crippen LogP contribution in [0.1, 0.15) is 6.92 Å². The van der Waals surface area contributed by atoms with E-state index < -0.39 is 5.97 Å². The van der Waals surface area contributed by atoms with Crippen LogP contribution in [0.3, 0.4) is 0 Å². The molecule has 0 aromatic rings. The third-order valence-corrected chi connectivity index (χ3v) is 1.75. The molecule has 0 radical (unpaired) electrons. The summed E-state index contributed by atoms with van der Waals surface area (Å²) < 4.78 is 4.80. The molecule has 0 unspecified atom stereocenters. The van der Waals surface area contributed by atoms with E-state index >= 15 is 0 Å². The van der Waals surface area contributed by atoms with Gasteiger partial charge in [0.15, 0.2) is 0 Å². The van der Waals surface area contributed by atoms with Crippen molar-refractivity contribution in [2.75, 3.05) is 26.8 Å². The van der Waals surface area contributed by atoms with Crippen molar-refractivity contribution in [2.45, 2.75) is 6.92 Å². The fraction of sp³-hybridized carbons (Fsp3) is 0.455. The van der Waals surface area contributed by atoms with Gasteiger partial charge in [0.2, 0.25) is 5.91 Å². The lowest BCUT2D eigenvalue weighted by atomic mass is 10.3. The maximum absolute atomic E-state index is 11.5. The number of carboxylic acid groups (broad SMARTS) is 1. The Bertz CT molecular complexity index is 284. The molecule has 0 aromatic carbocycles. The van der Waals surface area contributed by atoms with E-state index in [0.717, 1.165) is 0 Å². The van der Waals surface area contributed by atoms with Gasteiger partial charge in [-0.25, -0.2) is 0 Å². The monoisotopic (exact) mass is 227 g/mol. The highest BCUT2D eigenvalue weighted by atomic mass is 16.5. The molecule has 1 N–H and O–H groups in total. The Morgan fingerprint density at radius 1 is 1.38 bits per heavy atom. The van der Waals surface area contributed by atoms with Crippen LogP contribution in [0.15, 0.2) is 24.3 Å². The zero-order chi connectivity index (χ0) is 12.4. The second kappa shape index (κ2) is 8.67. The Kier molecular flexibility index (Phi) is 7.79. The molecule has 90 valence electrons. The summed E-state index contributed by atoms with van der Waals surface area (Å²) in [5.74, 6) is -1.37. The van der Waals surface area contributed by atoms with Gasteiger partial charge in [0, 0.05) is 19.7 Å². The molecule has 5 nitrogen and oxygen atoms in total. The van der Waals surface area contributed by atoms with Crippen LogP contribution in [0.2, 0.25) is 0 Å². The molecule has 0 saturated heterocycles. The molecule has 0 rings (SSSR count). The number of methoxy groups -OCH3 is 1. The Labute approximate surface area is 95.0 Å². The van der Waals surface area contributed by atoms with Gasteiger partial charge in [0.1, 0.15) is 6.54 Å². The van der Waals surface area contributed by atoms with Gasteiger partial charge in [0.05, 0.1) is 6.61 Å². The van der Waals surface area contributed by atoms with Crippen LogP contribution in [-0.4, -0.2) is 48.7 Å². The van der Waals surface area contributed by atoms with E-state index in [1.54, 1.807) is 18.2 Å². The predicted molar refractivity (Wildman–Crippen MR) is 60.0 cm³/mol. The van der Waals surface area contributed by atoms with E-state index in [9.17, 15) is 9.59 Å². The van der Waals surface area contributed by atoms with Crippen molar-refractivity contribution in [1.29, 1.82) is 0 Å². The summed E-state index contributed by atoms with van der Waals surface area (Å²) in [6, 6.07) is 0. The molecule has 0 saturated carbocycles. The van der Waals surface area contributed by atoms with Gasteiger partial charge in [-0.05, 0) is 6.92 Å². The van der Waals surface area contributed by atoms with Gasteiger partial charge in [-0.2, -0.15) is 0 Å². The summed E-state index contributed by atoms with van der Waals surface area (Å²) >= 11 is 0. The Balaban J connectivity index is 4.36. The van der Waals surface area contributed by atoms with E-state index in [0.29, 0.717) is 6.61 Å². The van der Waals surface area contributed by atoms with Crippen LogP contribution in [0.5, 0.6) is 0 Å². The van der Waals surface area contributed by atoms with Crippen molar-refractivity contribution in [2.24, 2.45) is 0 Å². The molecule has 5 heteroatoms. The smallest absolute Gasteiger partial charge is 0.323 e. The molecule has 1 amide bonds. The zero-order valence-electron chi connectivity index (χ0n) is 9.55. The number of rotatable bonds is 7. The minimum absolute atomic E-state index is 0.266. The van der Waals surface area contributed by atoms with Crippen LogP contribution in [-0.2, 0) is 14.3 Å². The van der Waals surface area contributed by atoms with E-state index in [1.807, 2.05) is 6.92 Å². The molecule has 0 aliphatic carbocycles. The number of nitrogens with zero attached hydrogens (tertiary/aromatic N) is 1. The van der Waals surface area contributed by atoms with E-state index in [1.165, 1.54) is 18.1 Å². The number of hydrogen-bond acceptors (Lipinski definition) is 3. The van der Waals surface area contributed by atoms with Gasteiger partial charge in [-0.1, -0.05) is 18.2 Å². The molecular formula is C11H17NO4. The van der Waals surface area contributed by atoms with Crippen LogP contribution < -0.4 is 0 Å². The number of carbonyl (C=O) groups is 2. The molecule has 0 atom stereocenters. The van der Waals surface area contributed by atoms with Crippen LogP contribution >= 0.6 is 0 Å². The summed E-state index contributed by atoms with van der Waals surface area (Å²) in [7, 11) is 1.50. The highest BCUT2D eigenvalue weighted by Crippen LogP contribution is 1.93. The number of carboxylic acids is 1. The molecule has 0 bridgehead atoms. The van der Waals surface area contributed by atoms with Gasteiger partial charge >= 0.3 is 5.97 Å². The molecule has 0 heterocycles. The Hall–Kier alpha value is -1.62. The fourth-order valence-corrected chi connectivity index (χ4v) is 0.986. The van der Waals surface area contributed by atoms with Gasteiger partial charge in [0.25, 0.3) is 0 Å². The van der Waals surface area contributed by atoms with E-state index in [4.69, 9.17) is 9.84 Å². The molecular weight excluding hydrogens is 210 g/mol. The third kappa shape index (κ3) is 6.78. The summed E-state index contributed by atoms with van der Waals surface area (Å²) in [5.41, 5.74) is 0. The number of aliphatic carboxylic acids is 1. The van der Waals surface area contributed by atoms with Crippen LogP contribution in [0, 0.1) is 0 Å². The van der Waals surface area contributed by atoms with E-state index in [2.05, 4.69) is 0 Å². The molecule has 16 heavy (non-hydrogen) atoms. The van der Waals surface area contributed by atoms with Crippen molar-refractivity contribution in [3.05, 3.63) is 24.3 Å². The quantitative estimate of drug-likeness (QED) is 0.513. The first-order valence-corrected chi connectivity index (χ1v) is 4.90. The van der Waals surface area contributed by atoms with Gasteiger partial charge < -0.3 is 14.7 Å². The number of ether oxygens (including phenoxy) is 1. The lowest BCUT2D eigenvalue weighted by molar-refractivity contribution is -0.143. The number of hydrogen-bond donors (Lipinski definition) is 1. The van der Waals surface area contributed by atoms with Crippen molar-refractivity contribution in [1.82, 2.24) is 4.90 Å². The highest BCUT2D eigenvalue weighted by Gasteiger charge is 2.13. The number of allylic oxidation sites excluding steroid dienone is 3. The SMILES string of the molecule is CC=CC=CC(=O)N(CCOC)CC(=O)O. The van der Waals surface area contributed by atoms with Crippen molar-refractivity contribution in [3.63, 3.8) is 0 Å². The minimum Gasteiger partial charge on any atom is -0.480 e. The molecule has 0 aliphatic heterocycles. The Morgan fingerprint density at radius 3 is 2.56 bits per heavy atom. The van der Waals surface area contributed by atoms with Crippen molar-refractivity contribution < 1.29 is 19.4 Å². The zero-order valence-corrected chi connectivity index (χ0v) is 9.55. The summed E-state index contributed by atoms with van der Waals surface area (Å²) in [6.45, 7) is 2.09. The van der Waals surface area contributed by atoms with Crippen LogP contribution in [0.4, 0.5) is 0 Å². The maximum atomic E-state index is 11.5. The van der Waals surface area contributed by atoms with Crippen molar-refractivity contribution in [3.8, 4) is 0 Å². The normalized spacial score (nSPS) is 11.1. The highest BCUT2D eigenvalue weighted by molar-refractivity contribution is 5.90. The minimum atomic E-state index is -1.04. The van der Waals surface area contributed by atoms with Gasteiger partial charge in [-0.15, -0.1) is 0 Å². The first kappa shape index (κ1) is 14.4. The first-order chi connectivity index (χ1) is 7.61. The lowest BCUT2D eigenvalue weighted by Crippen LogP contribution is -2.36. The second-order valence-electron chi connectivity index (χ2n) is 3.03. The summed E-state index contributed by atoms with van der Waals surface area (Å²) in [4.78, 5) is 23.3. The largest absolute Gasteiger partial charge is 0.480 e. The third-order valence-electron chi connectivity index (χ3n) is 1.75. The average Bonchev–Trinajstić information content (AvgIpc) is 2.23. The summed E-state index contributed by atoms with van der Waals surface area (Å²) in [6.07, 6.45) is 6.39. The topological polar surface area (TPSA) is 66.8 Å². The fourth-order valence-electron chi connectivity index (χ4n) is 0.986. The number of amides is 1. The predicted octanol–water partition coefficient (Wildman–Crippen LogP) is 0.678. The molecule has 0 spiro atoms. The Morgan fingerprint density at radius 2 is 2.06 bits per heavy atom. The first-order valence-electron chi connectivity index (χ1n) is 4.90. The molecule has 0 aliphatic rings. The van der Waals surface area contributed by atoms with Crippen LogP contribution in [0.25, 0.3) is 0 Å². The summed E-state index contributed by atoms with van der Waals surface area (Å²) in [5, 5.41) is 8.63. The second-order valence-corrected chi connectivity index (χ2v) is 3.03. The van der Waals surface area contributed by atoms with E-state index in [-0.39, 0.29) is 19.0 Å². The standard InChI is InChI=1S/C11H17NO4/c1-3-4-5-6-10(13)12(7-8-16-2)9-11(14)15/h3-6H,7-9H2,1-2H3,(H,14,15). The maximum Gasteiger partial charge on any atom is 0.323 e. The van der Waals surface area contributed by atoms with Crippen molar-refractivity contribution >= 4 is 11.9 Å². The molecule has 0 aromatic heterocycles. The number of carbonyl (C=O) groups excluding carboxylic acids is 1. The average molecular weight is 227 g/mol. The van der Waals surface area contributed by atoms with Gasteiger partial charge in [-0.3, -0.25) is 9.59 Å². The lowest BCUT2D eigenvalue weighted by Gasteiger charge is -2.18. The molecule has 0 fully saturated rings.